The van der Waals surface area contributed by atoms with Crippen LogP contribution in [0.25, 0.3) is 0 Å². The van der Waals surface area contributed by atoms with Crippen LogP contribution in [0.15, 0.2) is 5.10 Å². The minimum absolute atomic E-state index is 0.0338. The Morgan fingerprint density at radius 1 is 1.13 bits per heavy atom. The summed E-state index contributed by atoms with van der Waals surface area (Å²) < 4.78 is 10.6. The first kappa shape index (κ1) is 23.0. The molecule has 0 aliphatic carbocycles. The monoisotopic (exact) mass is 456 g/mol. The molecule has 0 spiro atoms. The van der Waals surface area contributed by atoms with E-state index in [9.17, 15) is 9.59 Å². The Kier molecular flexibility index (Phi) is 8.97. The Balaban J connectivity index is 1.23. The Labute approximate surface area is 184 Å². The number of hydrogen-bond acceptors (Lipinski definition) is 10. The third-order valence-corrected chi connectivity index (χ3v) is 6.62. The molecule has 3 unspecified atom stereocenters. The predicted octanol–water partition coefficient (Wildman–Crippen LogP) is 1.72. The fourth-order valence-corrected chi connectivity index (χ4v) is 4.83. The molecule has 12 heteroatoms. The summed E-state index contributed by atoms with van der Waals surface area (Å²) in [7, 11) is 0. The van der Waals surface area contributed by atoms with E-state index >= 15 is 0 Å². The lowest BCUT2D eigenvalue weighted by molar-refractivity contribution is -0.129. The number of rotatable bonds is 7. The van der Waals surface area contributed by atoms with Gasteiger partial charge in [-0.05, 0) is 56.7 Å². The lowest BCUT2D eigenvalue weighted by Crippen LogP contribution is -2.37. The van der Waals surface area contributed by atoms with Crippen molar-refractivity contribution >= 4 is 50.7 Å². The first-order valence-electron chi connectivity index (χ1n) is 10.2. The van der Waals surface area contributed by atoms with Crippen molar-refractivity contribution in [3.63, 3.8) is 0 Å². The number of unbranched alkanes of at least 4 members (excludes halogenated alkanes) is 1. The number of nitrogens with one attached hydrogen (secondary N) is 5. The van der Waals surface area contributed by atoms with Crippen LogP contribution >= 0.6 is 23.5 Å². The Hall–Kier alpha value is -1.63. The fourth-order valence-electron chi connectivity index (χ4n) is 3.26. The maximum absolute atomic E-state index is 12.0. The van der Waals surface area contributed by atoms with E-state index in [1.807, 2.05) is 0 Å². The quantitative estimate of drug-likeness (QED) is 0.222. The van der Waals surface area contributed by atoms with Gasteiger partial charge in [0, 0.05) is 13.2 Å². The van der Waals surface area contributed by atoms with Gasteiger partial charge in [-0.15, -0.1) is 0 Å². The first-order chi connectivity index (χ1) is 14.5. The van der Waals surface area contributed by atoms with E-state index in [-0.39, 0.29) is 28.5 Å². The zero-order valence-corrected chi connectivity index (χ0v) is 18.3. The number of amidine groups is 2. The Bertz CT molecular complexity index is 692. The number of amides is 2. The van der Waals surface area contributed by atoms with Gasteiger partial charge in [0.1, 0.15) is 12.2 Å². The minimum atomic E-state index is -0.473. The number of nitrogens with zero attached hydrogens (tertiary/aromatic N) is 1. The van der Waals surface area contributed by atoms with E-state index in [0.717, 1.165) is 50.3 Å². The Morgan fingerprint density at radius 3 is 2.50 bits per heavy atom. The summed E-state index contributed by atoms with van der Waals surface area (Å²) in [5.74, 6) is -0.440. The van der Waals surface area contributed by atoms with Gasteiger partial charge in [0.25, 0.3) is 11.8 Å². The molecule has 3 heterocycles. The summed E-state index contributed by atoms with van der Waals surface area (Å²) >= 11 is 2.45. The molecule has 0 saturated carbocycles. The molecule has 10 nitrogen and oxygen atoms in total. The van der Waals surface area contributed by atoms with Crippen molar-refractivity contribution in [1.29, 1.82) is 10.8 Å². The average Bonchev–Trinajstić information content (AvgIpc) is 3.48. The third kappa shape index (κ3) is 7.25. The first-order valence-corrected chi connectivity index (χ1v) is 11.9. The maximum Gasteiger partial charge on any atom is 0.255 e. The van der Waals surface area contributed by atoms with Crippen LogP contribution in [0.3, 0.4) is 0 Å². The standard InChI is InChI=1S/C18H28N6O4S2/c19-13(29-17(20)21-15(25)11-5-3-9-27-11)7-1-2-8-14-23-24-18(30-14)22-16(26)12-6-4-10-28-12/h11-12,14,19,23H,1-10H2,(H2,20,21,25)(H,22,24,26). The van der Waals surface area contributed by atoms with Gasteiger partial charge >= 0.3 is 0 Å². The topological polar surface area (TPSA) is 149 Å². The highest BCUT2D eigenvalue weighted by atomic mass is 32.2. The highest BCUT2D eigenvalue weighted by molar-refractivity contribution is 8.26. The SMILES string of the molecule is N=C(CCCCC1NN=C(NC(=O)C2CCCO2)S1)SC(=N)NC(=O)C1CCCO1. The van der Waals surface area contributed by atoms with Crippen molar-refractivity contribution in [2.75, 3.05) is 13.2 Å². The molecule has 0 aromatic carbocycles. The van der Waals surface area contributed by atoms with E-state index < -0.39 is 6.10 Å². The van der Waals surface area contributed by atoms with Crippen molar-refractivity contribution in [2.45, 2.75) is 68.9 Å². The number of hydrogen-bond donors (Lipinski definition) is 5. The van der Waals surface area contributed by atoms with Gasteiger partial charge in [-0.1, -0.05) is 18.2 Å². The maximum atomic E-state index is 12.0. The molecule has 0 bridgehead atoms. The summed E-state index contributed by atoms with van der Waals surface area (Å²) in [6.45, 7) is 1.21. The van der Waals surface area contributed by atoms with E-state index in [2.05, 4.69) is 21.2 Å². The van der Waals surface area contributed by atoms with E-state index in [1.54, 1.807) is 0 Å². The minimum Gasteiger partial charge on any atom is -0.368 e. The zero-order valence-electron chi connectivity index (χ0n) is 16.7. The second kappa shape index (κ2) is 11.7. The largest absolute Gasteiger partial charge is 0.368 e. The molecule has 3 aliphatic heterocycles. The van der Waals surface area contributed by atoms with Crippen LogP contribution in [0.5, 0.6) is 0 Å². The van der Waals surface area contributed by atoms with Crippen molar-refractivity contribution in [2.24, 2.45) is 5.10 Å². The lowest BCUT2D eigenvalue weighted by atomic mass is 10.2. The third-order valence-electron chi connectivity index (χ3n) is 4.82. The predicted molar refractivity (Wildman–Crippen MR) is 118 cm³/mol. The van der Waals surface area contributed by atoms with Gasteiger partial charge in [-0.25, -0.2) is 0 Å². The molecule has 2 fully saturated rings. The van der Waals surface area contributed by atoms with Crippen LogP contribution in [0.2, 0.25) is 0 Å². The second-order valence-corrected chi connectivity index (χ2v) is 9.53. The van der Waals surface area contributed by atoms with E-state index in [4.69, 9.17) is 20.3 Å². The van der Waals surface area contributed by atoms with Crippen molar-refractivity contribution in [3.8, 4) is 0 Å². The number of carbonyl (C=O) groups is 2. The van der Waals surface area contributed by atoms with Crippen LogP contribution in [0.1, 0.15) is 51.4 Å². The summed E-state index contributed by atoms with van der Waals surface area (Å²) in [6, 6.07) is 0. The molecule has 5 N–H and O–H groups in total. The molecule has 2 saturated heterocycles. The van der Waals surface area contributed by atoms with Gasteiger partial charge < -0.3 is 20.1 Å². The van der Waals surface area contributed by atoms with Crippen LogP contribution in [-0.4, -0.2) is 58.0 Å². The molecule has 3 rings (SSSR count). The summed E-state index contributed by atoms with van der Waals surface area (Å²) in [5.41, 5.74) is 3.01. The average molecular weight is 457 g/mol. The summed E-state index contributed by atoms with van der Waals surface area (Å²) in [5, 5.41) is 26.3. The molecule has 0 aromatic rings. The van der Waals surface area contributed by atoms with E-state index in [1.165, 1.54) is 11.8 Å². The van der Waals surface area contributed by atoms with Crippen LogP contribution in [0, 0.1) is 10.8 Å². The van der Waals surface area contributed by atoms with Gasteiger partial charge in [-0.2, -0.15) is 5.10 Å². The zero-order chi connectivity index (χ0) is 21.3. The summed E-state index contributed by atoms with van der Waals surface area (Å²) in [4.78, 5) is 23.9. The van der Waals surface area contributed by atoms with Crippen LogP contribution < -0.4 is 16.1 Å². The molecule has 0 radical (unpaired) electrons. The molecule has 0 aromatic heterocycles. The smallest absolute Gasteiger partial charge is 0.255 e. The van der Waals surface area contributed by atoms with Gasteiger partial charge in [0.15, 0.2) is 10.3 Å². The van der Waals surface area contributed by atoms with Crippen molar-refractivity contribution in [3.05, 3.63) is 0 Å². The molecule has 3 aliphatic rings. The van der Waals surface area contributed by atoms with Gasteiger partial charge in [-0.3, -0.25) is 25.8 Å². The molecule has 166 valence electrons. The highest BCUT2D eigenvalue weighted by Crippen LogP contribution is 2.22. The number of thioether (sulfide) groups is 2. The van der Waals surface area contributed by atoms with E-state index in [0.29, 0.717) is 36.3 Å². The number of carbonyl (C=O) groups excluding carboxylic acids is 2. The molecular formula is C18H28N6O4S2. The van der Waals surface area contributed by atoms with Crippen LogP contribution in [0.4, 0.5) is 0 Å². The number of ether oxygens (including phenoxy) is 2. The Morgan fingerprint density at radius 2 is 1.83 bits per heavy atom. The fraction of sp³-hybridized carbons (Fsp3) is 0.722. The molecule has 3 atom stereocenters. The van der Waals surface area contributed by atoms with Crippen molar-refractivity contribution < 1.29 is 19.1 Å². The molecule has 30 heavy (non-hydrogen) atoms. The van der Waals surface area contributed by atoms with Gasteiger partial charge in [0.05, 0.1) is 10.4 Å². The normalized spacial score (nSPS) is 25.5. The molecule has 2 amide bonds. The second-order valence-electron chi connectivity index (χ2n) is 7.23. The van der Waals surface area contributed by atoms with Crippen LogP contribution in [-0.2, 0) is 19.1 Å². The number of hydrazone groups is 1. The summed E-state index contributed by atoms with van der Waals surface area (Å²) in [6.07, 6.45) is 5.42. The highest BCUT2D eigenvalue weighted by Gasteiger charge is 2.27. The van der Waals surface area contributed by atoms with Gasteiger partial charge in [0.2, 0.25) is 0 Å². The lowest BCUT2D eigenvalue weighted by Gasteiger charge is -2.12. The molecular weight excluding hydrogens is 428 g/mol. The van der Waals surface area contributed by atoms with Crippen molar-refractivity contribution in [1.82, 2.24) is 16.1 Å².